The molecule has 0 fully saturated rings. The van der Waals surface area contributed by atoms with Crippen molar-refractivity contribution in [1.29, 1.82) is 0 Å². The molecule has 2 rings (SSSR count). The van der Waals surface area contributed by atoms with Crippen molar-refractivity contribution in [3.8, 4) is 11.3 Å². The van der Waals surface area contributed by atoms with Crippen molar-refractivity contribution < 1.29 is 13.9 Å². The van der Waals surface area contributed by atoms with Crippen molar-refractivity contribution >= 4 is 29.2 Å². The van der Waals surface area contributed by atoms with Gasteiger partial charge in [-0.15, -0.1) is 0 Å². The topological polar surface area (TPSA) is 65.5 Å². The van der Waals surface area contributed by atoms with Crippen LogP contribution < -0.4 is 5.73 Å². The summed E-state index contributed by atoms with van der Waals surface area (Å²) in [4.78, 5) is 11.5. The smallest absolute Gasteiger partial charge is 0.323 e. The van der Waals surface area contributed by atoms with Gasteiger partial charge in [0.05, 0.1) is 11.6 Å². The third-order valence-electron chi connectivity index (χ3n) is 2.87. The average molecular weight is 328 g/mol. The summed E-state index contributed by atoms with van der Waals surface area (Å²) in [6, 6.07) is 7.90. The highest BCUT2D eigenvalue weighted by Crippen LogP contribution is 2.31. The number of furan rings is 1. The molecule has 0 saturated heterocycles. The molecule has 0 amide bonds. The monoisotopic (exact) mass is 327 g/mol. The molecule has 21 heavy (non-hydrogen) atoms. The molecule has 0 aliphatic heterocycles. The van der Waals surface area contributed by atoms with Crippen molar-refractivity contribution in [2.75, 3.05) is 6.61 Å². The Morgan fingerprint density at radius 3 is 2.81 bits per heavy atom. The molecule has 1 aromatic carbocycles. The Labute approximate surface area is 132 Å². The maximum absolute atomic E-state index is 11.5. The Morgan fingerprint density at radius 1 is 1.33 bits per heavy atom. The molecule has 1 aromatic heterocycles. The van der Waals surface area contributed by atoms with E-state index in [1.807, 2.05) is 0 Å². The quantitative estimate of drug-likeness (QED) is 0.850. The molecule has 1 unspecified atom stereocenters. The van der Waals surface area contributed by atoms with Gasteiger partial charge in [-0.3, -0.25) is 4.79 Å². The van der Waals surface area contributed by atoms with Crippen LogP contribution in [0.4, 0.5) is 0 Å². The van der Waals surface area contributed by atoms with Crippen LogP contribution in [0.5, 0.6) is 0 Å². The van der Waals surface area contributed by atoms with Crippen molar-refractivity contribution in [2.24, 2.45) is 5.73 Å². The van der Waals surface area contributed by atoms with Gasteiger partial charge >= 0.3 is 5.97 Å². The zero-order chi connectivity index (χ0) is 15.4. The first-order chi connectivity index (χ1) is 10.0. The summed E-state index contributed by atoms with van der Waals surface area (Å²) in [5.41, 5.74) is 6.45. The van der Waals surface area contributed by atoms with Gasteiger partial charge in [0.15, 0.2) is 0 Å². The summed E-state index contributed by atoms with van der Waals surface area (Å²) >= 11 is 12.1. The van der Waals surface area contributed by atoms with Crippen molar-refractivity contribution in [2.45, 2.75) is 19.4 Å². The van der Waals surface area contributed by atoms with Gasteiger partial charge in [0, 0.05) is 17.0 Å². The maximum Gasteiger partial charge on any atom is 0.323 e. The Hall–Kier alpha value is -1.49. The van der Waals surface area contributed by atoms with Gasteiger partial charge in [-0.25, -0.2) is 0 Å². The fourth-order valence-corrected chi connectivity index (χ4v) is 2.25. The lowest BCUT2D eigenvalue weighted by Crippen LogP contribution is -2.34. The van der Waals surface area contributed by atoms with Crippen LogP contribution in [0.15, 0.2) is 34.7 Å². The summed E-state index contributed by atoms with van der Waals surface area (Å²) in [5, 5.41) is 1.10. The van der Waals surface area contributed by atoms with Crippen LogP contribution in [0, 0.1) is 0 Å². The summed E-state index contributed by atoms with van der Waals surface area (Å²) in [6.07, 6.45) is 0.261. The minimum atomic E-state index is -0.751. The van der Waals surface area contributed by atoms with E-state index in [9.17, 15) is 4.79 Å². The standard InChI is InChI=1S/C15H15Cl2NO3/c1-2-20-15(19)13(18)8-10-4-6-14(21-10)11-7-9(16)3-5-12(11)17/h3-7,13H,2,8,18H2,1H3. The van der Waals surface area contributed by atoms with Crippen LogP contribution in [0.2, 0.25) is 10.0 Å². The van der Waals surface area contributed by atoms with Gasteiger partial charge in [-0.1, -0.05) is 23.2 Å². The second-order valence-electron chi connectivity index (χ2n) is 4.45. The molecule has 112 valence electrons. The van der Waals surface area contributed by atoms with E-state index in [1.165, 1.54) is 0 Å². The lowest BCUT2D eigenvalue weighted by Gasteiger charge is -2.08. The molecule has 1 heterocycles. The summed E-state index contributed by atoms with van der Waals surface area (Å²) in [6.45, 7) is 2.03. The number of hydrogen-bond acceptors (Lipinski definition) is 4. The van der Waals surface area contributed by atoms with E-state index in [0.29, 0.717) is 33.7 Å². The SMILES string of the molecule is CCOC(=O)C(N)Cc1ccc(-c2cc(Cl)ccc2Cl)o1. The minimum absolute atomic E-state index is 0.261. The van der Waals surface area contributed by atoms with E-state index in [0.717, 1.165) is 0 Å². The third kappa shape index (κ3) is 4.00. The summed E-state index contributed by atoms with van der Waals surface area (Å²) in [7, 11) is 0. The van der Waals surface area contributed by atoms with Crippen molar-refractivity contribution in [3.05, 3.63) is 46.1 Å². The van der Waals surface area contributed by atoms with Crippen LogP contribution in [-0.2, 0) is 16.0 Å². The van der Waals surface area contributed by atoms with Gasteiger partial charge in [-0.2, -0.15) is 0 Å². The molecule has 1 atom stereocenters. The number of ether oxygens (including phenoxy) is 1. The molecule has 4 nitrogen and oxygen atoms in total. The predicted octanol–water partition coefficient (Wildman–Crippen LogP) is 3.69. The lowest BCUT2D eigenvalue weighted by atomic mass is 10.1. The Bertz CT molecular complexity index is 640. The largest absolute Gasteiger partial charge is 0.465 e. The second kappa shape index (κ2) is 6.98. The number of esters is 1. The van der Waals surface area contributed by atoms with Gasteiger partial charge in [0.25, 0.3) is 0 Å². The molecule has 0 bridgehead atoms. The highest BCUT2D eigenvalue weighted by Gasteiger charge is 2.18. The highest BCUT2D eigenvalue weighted by atomic mass is 35.5. The number of carbonyl (C=O) groups is 1. The van der Waals surface area contributed by atoms with Crippen LogP contribution >= 0.6 is 23.2 Å². The van der Waals surface area contributed by atoms with Crippen LogP contribution in [0.1, 0.15) is 12.7 Å². The van der Waals surface area contributed by atoms with Crippen LogP contribution in [0.25, 0.3) is 11.3 Å². The molecule has 0 aliphatic rings. The molecule has 2 N–H and O–H groups in total. The first kappa shape index (κ1) is 15.9. The first-order valence-electron chi connectivity index (χ1n) is 6.47. The van der Waals surface area contributed by atoms with Gasteiger partial charge in [-0.05, 0) is 37.3 Å². The molecule has 0 saturated carbocycles. The predicted molar refractivity (Wildman–Crippen MR) is 82.5 cm³/mol. The molecule has 0 spiro atoms. The highest BCUT2D eigenvalue weighted by molar-refractivity contribution is 6.35. The van der Waals surface area contributed by atoms with Crippen LogP contribution in [-0.4, -0.2) is 18.6 Å². The van der Waals surface area contributed by atoms with E-state index in [4.69, 9.17) is 38.1 Å². The third-order valence-corrected chi connectivity index (χ3v) is 3.43. The number of benzene rings is 1. The minimum Gasteiger partial charge on any atom is -0.465 e. The van der Waals surface area contributed by atoms with E-state index in [-0.39, 0.29) is 6.42 Å². The van der Waals surface area contributed by atoms with Gasteiger partial charge in [0.2, 0.25) is 0 Å². The van der Waals surface area contributed by atoms with Crippen LogP contribution in [0.3, 0.4) is 0 Å². The first-order valence-corrected chi connectivity index (χ1v) is 7.23. The fourth-order valence-electron chi connectivity index (χ4n) is 1.87. The Kier molecular flexibility index (Phi) is 5.28. The van der Waals surface area contributed by atoms with Gasteiger partial charge < -0.3 is 14.9 Å². The molecule has 0 radical (unpaired) electrons. The summed E-state index contributed by atoms with van der Waals surface area (Å²) in [5.74, 6) is 0.714. The van der Waals surface area contributed by atoms with Gasteiger partial charge in [0.1, 0.15) is 17.6 Å². The molecule has 0 aliphatic carbocycles. The number of hydrogen-bond donors (Lipinski definition) is 1. The zero-order valence-electron chi connectivity index (χ0n) is 11.4. The number of halogens is 2. The Balaban J connectivity index is 2.15. The number of carbonyl (C=O) groups excluding carboxylic acids is 1. The van der Waals surface area contributed by atoms with Crippen molar-refractivity contribution in [1.82, 2.24) is 0 Å². The number of nitrogens with two attached hydrogens (primary N) is 1. The molecule has 6 heteroatoms. The number of rotatable bonds is 5. The fraction of sp³-hybridized carbons (Fsp3) is 0.267. The lowest BCUT2D eigenvalue weighted by molar-refractivity contribution is -0.144. The average Bonchev–Trinajstić information content (AvgIpc) is 2.90. The van der Waals surface area contributed by atoms with Crippen molar-refractivity contribution in [3.63, 3.8) is 0 Å². The van der Waals surface area contributed by atoms with E-state index < -0.39 is 12.0 Å². The molecular formula is C15H15Cl2NO3. The van der Waals surface area contributed by atoms with E-state index in [1.54, 1.807) is 37.3 Å². The Morgan fingerprint density at radius 2 is 2.10 bits per heavy atom. The molecular weight excluding hydrogens is 313 g/mol. The second-order valence-corrected chi connectivity index (χ2v) is 5.30. The summed E-state index contributed by atoms with van der Waals surface area (Å²) < 4.78 is 10.5. The maximum atomic E-state index is 11.5. The molecule has 2 aromatic rings. The zero-order valence-corrected chi connectivity index (χ0v) is 12.9. The van der Waals surface area contributed by atoms with E-state index in [2.05, 4.69) is 0 Å². The normalized spacial score (nSPS) is 12.2. The van der Waals surface area contributed by atoms with E-state index >= 15 is 0 Å².